The Balaban J connectivity index is 1.79. The molecule has 4 heteroatoms. The first kappa shape index (κ1) is 14.8. The fourth-order valence-corrected chi connectivity index (χ4v) is 3.04. The molecule has 1 N–H and O–H groups in total. The molecule has 110 valence electrons. The monoisotopic (exact) mass is 268 g/mol. The Morgan fingerprint density at radius 1 is 1.47 bits per heavy atom. The van der Waals surface area contributed by atoms with E-state index in [-0.39, 0.29) is 17.4 Å². The fraction of sp³-hybridized carbons (Fsp3) is 0.933. The van der Waals surface area contributed by atoms with Crippen LogP contribution in [0.15, 0.2) is 0 Å². The highest BCUT2D eigenvalue weighted by atomic mass is 16.5. The molecule has 1 aliphatic heterocycles. The average molecular weight is 268 g/mol. The van der Waals surface area contributed by atoms with Gasteiger partial charge in [-0.2, -0.15) is 0 Å². The van der Waals surface area contributed by atoms with Gasteiger partial charge in [0.15, 0.2) is 0 Å². The molecule has 1 amide bonds. The Bertz CT molecular complexity index is 330. The third-order valence-electron chi connectivity index (χ3n) is 4.82. The molecular formula is C15H28N2O2. The zero-order valence-electron chi connectivity index (χ0n) is 12.7. The summed E-state index contributed by atoms with van der Waals surface area (Å²) < 4.78 is 5.94. The van der Waals surface area contributed by atoms with Crippen molar-refractivity contribution >= 4 is 5.91 Å². The van der Waals surface area contributed by atoms with Gasteiger partial charge in [0.05, 0.1) is 12.1 Å². The smallest absolute Gasteiger partial charge is 0.239 e. The van der Waals surface area contributed by atoms with E-state index in [0.717, 1.165) is 32.4 Å². The van der Waals surface area contributed by atoms with Gasteiger partial charge in [-0.25, -0.2) is 0 Å². The quantitative estimate of drug-likeness (QED) is 0.747. The van der Waals surface area contributed by atoms with Gasteiger partial charge in [0.25, 0.3) is 0 Å². The van der Waals surface area contributed by atoms with Crippen LogP contribution in [0.4, 0.5) is 0 Å². The number of ether oxygens (including phenoxy) is 1. The first-order valence-corrected chi connectivity index (χ1v) is 7.59. The lowest BCUT2D eigenvalue weighted by Gasteiger charge is -2.52. The van der Waals surface area contributed by atoms with Crippen LogP contribution >= 0.6 is 0 Å². The zero-order chi connectivity index (χ0) is 14.0. The topological polar surface area (TPSA) is 41.6 Å². The van der Waals surface area contributed by atoms with E-state index >= 15 is 0 Å². The number of carbonyl (C=O) groups excluding carboxylic acids is 1. The van der Waals surface area contributed by atoms with Gasteiger partial charge >= 0.3 is 0 Å². The van der Waals surface area contributed by atoms with Crippen molar-refractivity contribution < 1.29 is 9.53 Å². The summed E-state index contributed by atoms with van der Waals surface area (Å²) in [5.41, 5.74) is 0.134. The standard InChI is InChI=1S/C15H28N2O2/c1-5-6-9-19-13-10-12(15(13,2)3)16-11-7-8-17(4)14(11)18/h11-13,16H,5-10H2,1-4H3/t11-,12+,13-/m1/s1. The lowest BCUT2D eigenvalue weighted by atomic mass is 9.64. The molecule has 0 bridgehead atoms. The number of hydrogen-bond acceptors (Lipinski definition) is 3. The molecule has 0 aromatic carbocycles. The molecule has 1 heterocycles. The lowest BCUT2D eigenvalue weighted by molar-refractivity contribution is -0.134. The summed E-state index contributed by atoms with van der Waals surface area (Å²) in [6, 6.07) is 0.422. The molecule has 2 aliphatic rings. The van der Waals surface area contributed by atoms with E-state index in [4.69, 9.17) is 4.74 Å². The minimum absolute atomic E-state index is 0.0193. The molecule has 2 rings (SSSR count). The van der Waals surface area contributed by atoms with E-state index in [2.05, 4.69) is 26.1 Å². The van der Waals surface area contributed by atoms with E-state index in [0.29, 0.717) is 12.1 Å². The number of amides is 1. The van der Waals surface area contributed by atoms with Crippen LogP contribution in [0, 0.1) is 5.41 Å². The molecule has 4 nitrogen and oxygen atoms in total. The zero-order valence-corrected chi connectivity index (χ0v) is 12.7. The molecule has 0 radical (unpaired) electrons. The van der Waals surface area contributed by atoms with Crippen molar-refractivity contribution in [1.29, 1.82) is 0 Å². The highest BCUT2D eigenvalue weighted by molar-refractivity contribution is 5.83. The molecule has 0 unspecified atom stereocenters. The van der Waals surface area contributed by atoms with E-state index in [1.165, 1.54) is 6.42 Å². The van der Waals surface area contributed by atoms with Crippen molar-refractivity contribution in [2.24, 2.45) is 5.41 Å². The van der Waals surface area contributed by atoms with Crippen molar-refractivity contribution in [3.63, 3.8) is 0 Å². The number of likely N-dealkylation sites (tertiary alicyclic amines) is 1. The number of nitrogens with zero attached hydrogens (tertiary/aromatic N) is 1. The van der Waals surface area contributed by atoms with Crippen molar-refractivity contribution in [1.82, 2.24) is 10.2 Å². The number of unbranched alkanes of at least 4 members (excludes halogenated alkanes) is 1. The van der Waals surface area contributed by atoms with Gasteiger partial charge in [-0.05, 0) is 19.3 Å². The van der Waals surface area contributed by atoms with Crippen LogP contribution in [0.3, 0.4) is 0 Å². The summed E-state index contributed by atoms with van der Waals surface area (Å²) in [5.74, 6) is 0.242. The highest BCUT2D eigenvalue weighted by Crippen LogP contribution is 2.43. The largest absolute Gasteiger partial charge is 0.378 e. The number of likely N-dealkylation sites (N-methyl/N-ethyl adjacent to an activating group) is 1. The van der Waals surface area contributed by atoms with Gasteiger partial charge in [-0.15, -0.1) is 0 Å². The molecule has 0 spiro atoms. The van der Waals surface area contributed by atoms with E-state index in [1.54, 1.807) is 0 Å². The Morgan fingerprint density at radius 3 is 2.74 bits per heavy atom. The third-order valence-corrected chi connectivity index (χ3v) is 4.82. The predicted molar refractivity (Wildman–Crippen MR) is 76.0 cm³/mol. The minimum Gasteiger partial charge on any atom is -0.378 e. The maximum Gasteiger partial charge on any atom is 0.239 e. The van der Waals surface area contributed by atoms with Crippen molar-refractivity contribution in [2.75, 3.05) is 20.2 Å². The van der Waals surface area contributed by atoms with E-state index in [9.17, 15) is 4.79 Å². The normalized spacial score (nSPS) is 33.6. The summed E-state index contributed by atoms with van der Waals surface area (Å²) in [4.78, 5) is 13.7. The summed E-state index contributed by atoms with van der Waals surface area (Å²) in [5, 5.41) is 3.53. The van der Waals surface area contributed by atoms with Crippen LogP contribution in [-0.4, -0.2) is 49.2 Å². The van der Waals surface area contributed by atoms with Gasteiger partial charge in [-0.3, -0.25) is 4.79 Å². The minimum atomic E-state index is 0.0193. The molecule has 19 heavy (non-hydrogen) atoms. The number of carbonyl (C=O) groups is 1. The summed E-state index contributed by atoms with van der Waals surface area (Å²) in [6.07, 6.45) is 4.62. The SMILES string of the molecule is CCCCO[C@@H]1C[C@H](N[C@@H]2CCN(C)C2=O)C1(C)C. The van der Waals surface area contributed by atoms with Crippen LogP contribution in [0.25, 0.3) is 0 Å². The van der Waals surface area contributed by atoms with Crippen LogP contribution in [0.2, 0.25) is 0 Å². The van der Waals surface area contributed by atoms with Crippen molar-refractivity contribution in [2.45, 2.75) is 64.6 Å². The molecule has 0 aromatic rings. The summed E-state index contributed by atoms with van der Waals surface area (Å²) >= 11 is 0. The first-order chi connectivity index (χ1) is 8.96. The maximum absolute atomic E-state index is 11.9. The van der Waals surface area contributed by atoms with E-state index in [1.807, 2.05) is 11.9 Å². The van der Waals surface area contributed by atoms with Crippen LogP contribution in [0.5, 0.6) is 0 Å². The average Bonchev–Trinajstić information content (AvgIpc) is 2.68. The molecule has 1 aliphatic carbocycles. The second-order valence-electron chi connectivity index (χ2n) is 6.59. The maximum atomic E-state index is 11.9. The second-order valence-corrected chi connectivity index (χ2v) is 6.59. The second kappa shape index (κ2) is 5.80. The number of hydrogen-bond donors (Lipinski definition) is 1. The first-order valence-electron chi connectivity index (χ1n) is 7.59. The van der Waals surface area contributed by atoms with Gasteiger partial charge in [0, 0.05) is 31.7 Å². The predicted octanol–water partition coefficient (Wildman–Crippen LogP) is 1.79. The molecule has 1 saturated heterocycles. The molecule has 1 saturated carbocycles. The van der Waals surface area contributed by atoms with Gasteiger partial charge < -0.3 is 15.0 Å². The lowest BCUT2D eigenvalue weighted by Crippen LogP contribution is -2.63. The summed E-state index contributed by atoms with van der Waals surface area (Å²) in [6.45, 7) is 8.41. The number of nitrogens with one attached hydrogen (secondary N) is 1. The summed E-state index contributed by atoms with van der Waals surface area (Å²) in [7, 11) is 1.88. The van der Waals surface area contributed by atoms with E-state index < -0.39 is 0 Å². The Kier molecular flexibility index (Phi) is 4.51. The Morgan fingerprint density at radius 2 is 2.21 bits per heavy atom. The van der Waals surface area contributed by atoms with Gasteiger partial charge in [0.2, 0.25) is 5.91 Å². The van der Waals surface area contributed by atoms with Crippen LogP contribution < -0.4 is 5.32 Å². The van der Waals surface area contributed by atoms with Gasteiger partial charge in [-0.1, -0.05) is 27.2 Å². The Hall–Kier alpha value is -0.610. The third kappa shape index (κ3) is 2.95. The van der Waals surface area contributed by atoms with Crippen LogP contribution in [0.1, 0.15) is 46.5 Å². The fourth-order valence-electron chi connectivity index (χ4n) is 3.04. The van der Waals surface area contributed by atoms with Gasteiger partial charge in [0.1, 0.15) is 0 Å². The highest BCUT2D eigenvalue weighted by Gasteiger charge is 2.50. The van der Waals surface area contributed by atoms with Crippen molar-refractivity contribution in [3.05, 3.63) is 0 Å². The Labute approximate surface area is 116 Å². The number of rotatable bonds is 6. The van der Waals surface area contributed by atoms with Crippen LogP contribution in [-0.2, 0) is 9.53 Å². The molecule has 0 aromatic heterocycles. The molecule has 3 atom stereocenters. The molecular weight excluding hydrogens is 240 g/mol. The van der Waals surface area contributed by atoms with Crippen molar-refractivity contribution in [3.8, 4) is 0 Å². The molecule has 2 fully saturated rings.